The summed E-state index contributed by atoms with van der Waals surface area (Å²) in [5, 5.41) is 17.3. The molecule has 0 rings (SSSR count). The highest BCUT2D eigenvalue weighted by Gasteiger charge is 1.92. The summed E-state index contributed by atoms with van der Waals surface area (Å²) in [4.78, 5) is 0. The fraction of sp³-hybridized carbons (Fsp3) is 1.00. The van der Waals surface area contributed by atoms with Gasteiger partial charge in [0.2, 0.25) is 16.3 Å². The van der Waals surface area contributed by atoms with Crippen LogP contribution in [-0.2, 0) is 0 Å². The summed E-state index contributed by atoms with van der Waals surface area (Å²) in [7, 11) is 0. The maximum atomic E-state index is 8.45. The molecule has 2 nitrogen and oxygen atoms in total. The van der Waals surface area contributed by atoms with Crippen LogP contribution >= 0.6 is 0 Å². The van der Waals surface area contributed by atoms with E-state index < -0.39 is 6.10 Å². The Labute approximate surface area is 45.2 Å². The lowest BCUT2D eigenvalue weighted by atomic mass is 10.4. The van der Waals surface area contributed by atoms with Gasteiger partial charge >= 0.3 is 0 Å². The Kier molecular flexibility index (Phi) is 3.91. The van der Waals surface area contributed by atoms with Crippen LogP contribution in [0, 0.1) is 0 Å². The molecule has 0 aromatic heterocycles. The molecule has 0 aromatic rings. The maximum Gasteiger partial charge on any atom is 0.216 e. The second-order valence-corrected chi connectivity index (χ2v) is 2.06. The van der Waals surface area contributed by atoms with Crippen LogP contribution < -0.4 is 0 Å². The quantitative estimate of drug-likeness (QED) is 0.414. The van der Waals surface area contributed by atoms with E-state index in [1.807, 2.05) is 0 Å². The Balaban J connectivity index is 2.75. The van der Waals surface area contributed by atoms with E-state index in [0.717, 1.165) is 21.6 Å². The minimum Gasteiger partial charge on any atom is -0.394 e. The van der Waals surface area contributed by atoms with E-state index in [1.54, 1.807) is 0 Å². The van der Waals surface area contributed by atoms with E-state index in [4.69, 9.17) is 10.2 Å². The van der Waals surface area contributed by atoms with Crippen molar-refractivity contribution >= 4 is 16.3 Å². The van der Waals surface area contributed by atoms with Crippen molar-refractivity contribution in [2.45, 2.75) is 11.4 Å². The molecule has 0 aliphatic rings. The van der Waals surface area contributed by atoms with E-state index >= 15 is 0 Å². The first kappa shape index (κ1) is 6.45. The first-order valence-corrected chi connectivity index (χ1v) is 3.51. The Morgan fingerprint density at radius 3 is 2.17 bits per heavy atom. The molecule has 0 heterocycles. The maximum absolute atomic E-state index is 8.45. The highest BCUT2D eigenvalue weighted by atomic mass is 27.0. The summed E-state index contributed by atoms with van der Waals surface area (Å²) in [5.41, 5.74) is 0. The van der Waals surface area contributed by atoms with E-state index in [2.05, 4.69) is 0 Å². The molecule has 0 aromatic carbocycles. The number of hydrogen-bond acceptors (Lipinski definition) is 2. The molecule has 0 amide bonds. The molecule has 0 spiro atoms. The Bertz CT molecular complexity index is 28.0. The van der Waals surface area contributed by atoms with Gasteiger partial charge in [-0.1, -0.05) is 5.28 Å². The van der Waals surface area contributed by atoms with Crippen LogP contribution in [0.5, 0.6) is 0 Å². The first-order chi connectivity index (χ1) is 2.81. The molecule has 6 heavy (non-hydrogen) atoms. The smallest absolute Gasteiger partial charge is 0.216 e. The molecule has 0 aliphatic heterocycles. The largest absolute Gasteiger partial charge is 0.394 e. The summed E-state index contributed by atoms with van der Waals surface area (Å²) in [6, 6.07) is 0. The van der Waals surface area contributed by atoms with Gasteiger partial charge < -0.3 is 10.2 Å². The molecular formula is C3H9AlO2. The van der Waals surface area contributed by atoms with Gasteiger partial charge in [-0.15, -0.1) is 0 Å². The minimum atomic E-state index is -0.448. The molecule has 1 unspecified atom stereocenters. The van der Waals surface area contributed by atoms with Crippen LogP contribution in [0.25, 0.3) is 0 Å². The highest BCUT2D eigenvalue weighted by Crippen LogP contribution is 1.81. The molecule has 0 aliphatic carbocycles. The molecule has 0 saturated heterocycles. The first-order valence-electron chi connectivity index (χ1n) is 2.10. The average molecular weight is 104 g/mol. The Hall–Kier alpha value is 0.452. The summed E-state index contributed by atoms with van der Waals surface area (Å²) in [6.07, 6.45) is -0.448. The fourth-order valence-electron chi connectivity index (χ4n) is 0.129. The van der Waals surface area contributed by atoms with Crippen molar-refractivity contribution in [3.05, 3.63) is 0 Å². The zero-order chi connectivity index (χ0) is 4.99. The van der Waals surface area contributed by atoms with Gasteiger partial charge in [-0.2, -0.15) is 0 Å². The Morgan fingerprint density at radius 2 is 2.17 bits per heavy atom. The van der Waals surface area contributed by atoms with Crippen molar-refractivity contribution in [1.29, 1.82) is 0 Å². The van der Waals surface area contributed by atoms with Gasteiger partial charge in [0.15, 0.2) is 0 Å². The predicted molar refractivity (Wildman–Crippen MR) is 26.4 cm³/mol. The lowest BCUT2D eigenvalue weighted by Gasteiger charge is -1.97. The number of aliphatic hydroxyl groups excluding tert-OH is 2. The van der Waals surface area contributed by atoms with Gasteiger partial charge in [-0.05, 0) is 0 Å². The van der Waals surface area contributed by atoms with Crippen LogP contribution in [0.1, 0.15) is 0 Å². The van der Waals surface area contributed by atoms with Crippen molar-refractivity contribution in [3.8, 4) is 0 Å². The molecule has 0 fully saturated rings. The monoisotopic (exact) mass is 104 g/mol. The van der Waals surface area contributed by atoms with Gasteiger partial charge in [0, 0.05) is 0 Å². The van der Waals surface area contributed by atoms with Crippen molar-refractivity contribution in [2.24, 2.45) is 0 Å². The van der Waals surface area contributed by atoms with Gasteiger partial charge in [0.25, 0.3) is 0 Å². The number of rotatable bonds is 2. The summed E-state index contributed by atoms with van der Waals surface area (Å²) < 4.78 is 0. The van der Waals surface area contributed by atoms with Crippen molar-refractivity contribution in [2.75, 3.05) is 6.61 Å². The lowest BCUT2D eigenvalue weighted by molar-refractivity contribution is 0.110. The van der Waals surface area contributed by atoms with E-state index in [9.17, 15) is 0 Å². The molecule has 1 atom stereocenters. The van der Waals surface area contributed by atoms with Gasteiger partial charge in [-0.3, -0.25) is 0 Å². The molecule has 0 saturated carbocycles. The van der Waals surface area contributed by atoms with Crippen molar-refractivity contribution < 1.29 is 10.2 Å². The van der Waals surface area contributed by atoms with Crippen molar-refractivity contribution in [1.82, 2.24) is 0 Å². The normalized spacial score (nSPS) is 14.3. The second-order valence-electron chi connectivity index (χ2n) is 1.24. The third kappa shape index (κ3) is 2.68. The fourth-order valence-corrected chi connectivity index (χ4v) is 0.387. The minimum absolute atomic E-state index is 0.0799. The second kappa shape index (κ2) is 3.64. The van der Waals surface area contributed by atoms with E-state index in [0.29, 0.717) is 0 Å². The average Bonchev–Trinajstić information content (AvgIpc) is 1.65. The SMILES string of the molecule is OCC(O)[CH2][AlH2]. The third-order valence-electron chi connectivity index (χ3n) is 0.682. The van der Waals surface area contributed by atoms with Gasteiger partial charge in [0.05, 0.1) is 12.7 Å². The van der Waals surface area contributed by atoms with Crippen LogP contribution in [0.3, 0.4) is 0 Å². The predicted octanol–water partition coefficient (Wildman–Crippen LogP) is -1.61. The zero-order valence-corrected chi connectivity index (χ0v) is 5.89. The van der Waals surface area contributed by atoms with Gasteiger partial charge in [0.1, 0.15) is 0 Å². The van der Waals surface area contributed by atoms with Crippen LogP contribution in [0.2, 0.25) is 5.28 Å². The van der Waals surface area contributed by atoms with Crippen LogP contribution in [-0.4, -0.2) is 39.2 Å². The summed E-state index contributed by atoms with van der Waals surface area (Å²) >= 11 is 0.972. The zero-order valence-electron chi connectivity index (χ0n) is 3.89. The van der Waals surface area contributed by atoms with Gasteiger partial charge in [-0.25, -0.2) is 0 Å². The number of hydrogen-bond donors (Lipinski definition) is 2. The van der Waals surface area contributed by atoms with E-state index in [1.165, 1.54) is 0 Å². The Morgan fingerprint density at radius 1 is 1.67 bits per heavy atom. The third-order valence-corrected chi connectivity index (χ3v) is 1.62. The lowest BCUT2D eigenvalue weighted by Crippen LogP contribution is -2.09. The highest BCUT2D eigenvalue weighted by molar-refractivity contribution is 6.08. The molecule has 2 N–H and O–H groups in total. The topological polar surface area (TPSA) is 40.5 Å². The summed E-state index contributed by atoms with van der Waals surface area (Å²) in [6.45, 7) is -0.0799. The molecule has 0 bridgehead atoms. The van der Waals surface area contributed by atoms with Crippen LogP contribution in [0.4, 0.5) is 0 Å². The number of aliphatic hydroxyl groups is 2. The molecule has 0 radical (unpaired) electrons. The van der Waals surface area contributed by atoms with Crippen molar-refractivity contribution in [3.63, 3.8) is 0 Å². The molecule has 3 heteroatoms. The molecular weight excluding hydrogens is 95.0 g/mol. The molecule has 36 valence electrons. The van der Waals surface area contributed by atoms with E-state index in [-0.39, 0.29) is 6.61 Å². The standard InChI is InChI=1S/C3H7O2.Al.2H/c1-3(5)2-4;;;/h3-5H,1-2H2;;;. The summed E-state index contributed by atoms with van der Waals surface area (Å²) in [5.74, 6) is 0. The van der Waals surface area contributed by atoms with Crippen LogP contribution in [0.15, 0.2) is 0 Å².